The van der Waals surface area contributed by atoms with E-state index < -0.39 is 23.8 Å². The lowest BCUT2D eigenvalue weighted by atomic mass is 10.1. The smallest absolute Gasteiger partial charge is 0.361 e. The van der Waals surface area contributed by atoms with Crippen LogP contribution < -0.4 is 11.1 Å². The van der Waals surface area contributed by atoms with Crippen LogP contribution >= 0.6 is 11.8 Å². The van der Waals surface area contributed by atoms with E-state index in [1.54, 1.807) is 51.8 Å². The van der Waals surface area contributed by atoms with Gasteiger partial charge in [0.05, 0.1) is 24.1 Å². The Kier molecular flexibility index (Phi) is 7.29. The number of ether oxygens (including phenoxy) is 1. The average Bonchev–Trinajstić information content (AvgIpc) is 3.58. The Balaban J connectivity index is 1.38. The van der Waals surface area contributed by atoms with Crippen molar-refractivity contribution in [3.63, 3.8) is 0 Å². The molecule has 1 fully saturated rings. The van der Waals surface area contributed by atoms with Crippen molar-refractivity contribution < 1.29 is 18.7 Å². The summed E-state index contributed by atoms with van der Waals surface area (Å²) in [6, 6.07) is 13.8. The van der Waals surface area contributed by atoms with E-state index in [1.165, 1.54) is 30.5 Å². The number of anilines is 2. The first-order valence-electron chi connectivity index (χ1n) is 11.8. The van der Waals surface area contributed by atoms with E-state index in [1.807, 2.05) is 0 Å². The molecule has 1 amide bonds. The summed E-state index contributed by atoms with van der Waals surface area (Å²) in [7, 11) is 0. The molecular weight excluding hydrogens is 513 g/mol. The Morgan fingerprint density at radius 2 is 1.89 bits per heavy atom. The molecule has 5 rings (SSSR count). The zero-order valence-corrected chi connectivity index (χ0v) is 20.8. The molecule has 3 N–H and O–H groups in total. The number of hydrogen-bond acceptors (Lipinski definition) is 8. The molecule has 0 spiro atoms. The third kappa shape index (κ3) is 5.63. The predicted octanol–water partition coefficient (Wildman–Crippen LogP) is 4.00. The number of amides is 1. The first-order valence-corrected chi connectivity index (χ1v) is 12.1. The fraction of sp³-hybridized carbons (Fsp3) is 0.192. The first-order chi connectivity index (χ1) is 18.4. The molecule has 194 valence electrons. The van der Waals surface area contributed by atoms with Crippen LogP contribution in [0.2, 0.25) is 0 Å². The summed E-state index contributed by atoms with van der Waals surface area (Å²) < 4.78 is 22.4. The van der Waals surface area contributed by atoms with Crippen LogP contribution in [0.4, 0.5) is 15.9 Å². The van der Waals surface area contributed by atoms with Crippen LogP contribution in [0.5, 0.6) is 0 Å². The van der Waals surface area contributed by atoms with Gasteiger partial charge >= 0.3 is 5.97 Å². The molecule has 1 unspecified atom stereocenters. The molecule has 12 heteroatoms. The summed E-state index contributed by atoms with van der Waals surface area (Å²) in [6.07, 6.45) is 4.39. The van der Waals surface area contributed by atoms with Gasteiger partial charge in [0, 0.05) is 36.1 Å². The van der Waals surface area contributed by atoms with Gasteiger partial charge < -0.3 is 15.8 Å². The number of nitrogens with zero attached hydrogens (tertiary/aromatic N) is 5. The van der Waals surface area contributed by atoms with Crippen LogP contribution in [0.25, 0.3) is 11.3 Å². The minimum absolute atomic E-state index is 0.124. The number of halogens is 2. The van der Waals surface area contributed by atoms with Crippen molar-refractivity contribution in [2.24, 2.45) is 0 Å². The van der Waals surface area contributed by atoms with E-state index in [4.69, 9.17) is 22.2 Å². The number of hydrogen-bond donors (Lipinski definition) is 2. The molecule has 0 bridgehead atoms. The third-order valence-electron chi connectivity index (χ3n) is 6.06. The highest BCUT2D eigenvalue weighted by Crippen LogP contribution is 2.27. The molecule has 1 saturated heterocycles. The highest BCUT2D eigenvalue weighted by molar-refractivity contribution is 6.13. The fourth-order valence-electron chi connectivity index (χ4n) is 4.08. The number of rotatable bonds is 7. The molecule has 1 aliphatic rings. The second-order valence-electron chi connectivity index (χ2n) is 8.70. The number of nitrogens with two attached hydrogens (primary N) is 1. The Morgan fingerprint density at radius 1 is 1.13 bits per heavy atom. The number of nitrogens with one attached hydrogen (secondary N) is 1. The summed E-state index contributed by atoms with van der Waals surface area (Å²) in [4.78, 5) is 34.8. The lowest BCUT2D eigenvalue weighted by Gasteiger charge is -2.18. The normalized spacial score (nSPS) is 16.2. The van der Waals surface area contributed by atoms with Crippen LogP contribution in [-0.4, -0.2) is 49.1 Å². The van der Waals surface area contributed by atoms with Crippen molar-refractivity contribution in [3.8, 4) is 11.3 Å². The molecule has 1 aliphatic heterocycles. The molecule has 3 heterocycles. The SMILES string of the molecule is Nc1ncc(-c2cnn([C@H]3CCN(Cl)C3)c2)nc1C(=O)OC(C(=O)Nc1ccc(F)cc1)c1ccccc1. The minimum Gasteiger partial charge on any atom is -0.442 e. The summed E-state index contributed by atoms with van der Waals surface area (Å²) in [5.74, 6) is -2.16. The van der Waals surface area contributed by atoms with Crippen molar-refractivity contribution >= 4 is 35.2 Å². The molecule has 10 nitrogen and oxygen atoms in total. The molecule has 38 heavy (non-hydrogen) atoms. The standard InChI is InChI=1S/C26H23ClFN7O3/c27-34-11-10-20(15-34)35-14-17(12-31-35)21-13-30-24(29)22(33-21)26(37)38-23(16-4-2-1-3-5-16)25(36)32-19-8-6-18(28)7-9-19/h1-9,12-14,20,23H,10-11,15H2,(H2,29,30)(H,32,36)/t20-,23?/m0/s1. The van der Waals surface area contributed by atoms with Gasteiger partial charge in [0.15, 0.2) is 11.5 Å². The van der Waals surface area contributed by atoms with E-state index >= 15 is 0 Å². The quantitative estimate of drug-likeness (QED) is 0.268. The van der Waals surface area contributed by atoms with Gasteiger partial charge in [-0.25, -0.2) is 23.6 Å². The number of aromatic nitrogens is 4. The topological polar surface area (TPSA) is 128 Å². The maximum Gasteiger partial charge on any atom is 0.361 e. The lowest BCUT2D eigenvalue weighted by Crippen LogP contribution is -2.26. The van der Waals surface area contributed by atoms with Crippen LogP contribution in [-0.2, 0) is 9.53 Å². The van der Waals surface area contributed by atoms with E-state index in [-0.39, 0.29) is 17.6 Å². The van der Waals surface area contributed by atoms with Crippen molar-refractivity contribution in [3.05, 3.63) is 90.3 Å². The minimum atomic E-state index is -1.33. The largest absolute Gasteiger partial charge is 0.442 e. The van der Waals surface area contributed by atoms with Crippen molar-refractivity contribution in [2.75, 3.05) is 24.1 Å². The van der Waals surface area contributed by atoms with Gasteiger partial charge in [0.25, 0.3) is 5.91 Å². The van der Waals surface area contributed by atoms with E-state index in [9.17, 15) is 14.0 Å². The Hall–Kier alpha value is -4.35. The summed E-state index contributed by atoms with van der Waals surface area (Å²) in [5.41, 5.74) is 7.49. The van der Waals surface area contributed by atoms with Crippen molar-refractivity contribution in [1.29, 1.82) is 0 Å². The van der Waals surface area contributed by atoms with Crippen molar-refractivity contribution in [1.82, 2.24) is 24.2 Å². The summed E-state index contributed by atoms with van der Waals surface area (Å²) in [5, 5.41) is 7.04. The van der Waals surface area contributed by atoms with E-state index in [2.05, 4.69) is 20.4 Å². The number of carbonyl (C=O) groups is 2. The monoisotopic (exact) mass is 535 g/mol. The van der Waals surface area contributed by atoms with Crippen LogP contribution in [0.15, 0.2) is 73.2 Å². The Morgan fingerprint density at radius 3 is 2.61 bits per heavy atom. The second kappa shape index (κ2) is 11.0. The van der Waals surface area contributed by atoms with Crippen LogP contribution in [0, 0.1) is 5.82 Å². The Labute approximate surface area is 222 Å². The summed E-state index contributed by atoms with van der Waals surface area (Å²) >= 11 is 6.07. The molecule has 2 aromatic carbocycles. The first kappa shape index (κ1) is 25.3. The highest BCUT2D eigenvalue weighted by atomic mass is 35.5. The average molecular weight is 536 g/mol. The maximum absolute atomic E-state index is 13.3. The predicted molar refractivity (Wildman–Crippen MR) is 138 cm³/mol. The molecule has 0 saturated carbocycles. The second-order valence-corrected chi connectivity index (χ2v) is 9.18. The Bertz CT molecular complexity index is 1450. The molecule has 0 radical (unpaired) electrons. The molecule has 2 aromatic heterocycles. The fourth-order valence-corrected chi connectivity index (χ4v) is 4.34. The van der Waals surface area contributed by atoms with Gasteiger partial charge in [-0.2, -0.15) is 5.10 Å². The van der Waals surface area contributed by atoms with Crippen LogP contribution in [0.1, 0.15) is 34.6 Å². The highest BCUT2D eigenvalue weighted by Gasteiger charge is 2.28. The van der Waals surface area contributed by atoms with Crippen molar-refractivity contribution in [2.45, 2.75) is 18.6 Å². The van der Waals surface area contributed by atoms with Gasteiger partial charge in [-0.15, -0.1) is 0 Å². The molecule has 4 aromatic rings. The van der Waals surface area contributed by atoms with Gasteiger partial charge in [0.2, 0.25) is 6.10 Å². The lowest BCUT2D eigenvalue weighted by molar-refractivity contribution is -0.125. The van der Waals surface area contributed by atoms with Gasteiger partial charge in [-0.05, 0) is 42.5 Å². The third-order valence-corrected chi connectivity index (χ3v) is 6.36. The van der Waals surface area contributed by atoms with Gasteiger partial charge in [-0.3, -0.25) is 9.48 Å². The van der Waals surface area contributed by atoms with E-state index in [0.29, 0.717) is 29.1 Å². The number of benzene rings is 2. The van der Waals surface area contributed by atoms with Gasteiger partial charge in [0.1, 0.15) is 5.82 Å². The molecular formula is C26H23ClFN7O3. The van der Waals surface area contributed by atoms with Gasteiger partial charge in [-0.1, -0.05) is 30.3 Å². The van der Waals surface area contributed by atoms with Crippen LogP contribution in [0.3, 0.4) is 0 Å². The number of carbonyl (C=O) groups excluding carboxylic acids is 2. The number of nitrogen functional groups attached to an aromatic ring is 1. The number of esters is 1. The molecule has 0 aliphatic carbocycles. The molecule has 2 atom stereocenters. The van der Waals surface area contributed by atoms with E-state index in [0.717, 1.165) is 13.0 Å². The summed E-state index contributed by atoms with van der Waals surface area (Å²) in [6.45, 7) is 1.42. The maximum atomic E-state index is 13.3. The zero-order valence-electron chi connectivity index (χ0n) is 20.0. The zero-order chi connectivity index (χ0) is 26.6.